The number of nitrogens with two attached hydrogens (primary N) is 1. The third kappa shape index (κ3) is 3.04. The SMILES string of the molecule is Cc1cc(S(=O)(=O)NC(C)C)ccc1CN. The summed E-state index contributed by atoms with van der Waals surface area (Å²) in [6, 6.07) is 4.87. The zero-order chi connectivity index (χ0) is 12.3. The molecule has 1 aromatic carbocycles. The van der Waals surface area contributed by atoms with Crippen molar-refractivity contribution < 1.29 is 8.42 Å². The van der Waals surface area contributed by atoms with Crippen LogP contribution in [0, 0.1) is 6.92 Å². The van der Waals surface area contributed by atoms with E-state index in [1.165, 1.54) is 0 Å². The van der Waals surface area contributed by atoms with Gasteiger partial charge < -0.3 is 5.73 Å². The molecule has 0 heterocycles. The van der Waals surface area contributed by atoms with Crippen LogP contribution in [-0.4, -0.2) is 14.5 Å². The molecule has 0 aliphatic rings. The van der Waals surface area contributed by atoms with Crippen LogP contribution in [0.15, 0.2) is 23.1 Å². The Labute approximate surface area is 96.9 Å². The quantitative estimate of drug-likeness (QED) is 0.831. The molecule has 0 atom stereocenters. The Morgan fingerprint density at radius 1 is 1.38 bits per heavy atom. The van der Waals surface area contributed by atoms with Gasteiger partial charge in [0, 0.05) is 12.6 Å². The summed E-state index contributed by atoms with van der Waals surface area (Å²) in [6.45, 7) is 5.86. The fraction of sp³-hybridized carbons (Fsp3) is 0.455. The molecule has 0 unspecified atom stereocenters. The van der Waals surface area contributed by atoms with E-state index in [0.717, 1.165) is 11.1 Å². The van der Waals surface area contributed by atoms with Crippen molar-refractivity contribution in [3.63, 3.8) is 0 Å². The Bertz CT molecular complexity index is 467. The van der Waals surface area contributed by atoms with Crippen LogP contribution in [0.5, 0.6) is 0 Å². The van der Waals surface area contributed by atoms with Crippen LogP contribution >= 0.6 is 0 Å². The van der Waals surface area contributed by atoms with E-state index in [1.807, 2.05) is 6.92 Å². The largest absolute Gasteiger partial charge is 0.326 e. The van der Waals surface area contributed by atoms with Crippen molar-refractivity contribution in [2.45, 2.75) is 38.3 Å². The summed E-state index contributed by atoms with van der Waals surface area (Å²) in [5.74, 6) is 0. The molecule has 0 spiro atoms. The standard InChI is InChI=1S/C11H18N2O2S/c1-8(2)13-16(14,15)11-5-4-10(7-12)9(3)6-11/h4-6,8,13H,7,12H2,1-3H3. The molecule has 4 nitrogen and oxygen atoms in total. The van der Waals surface area contributed by atoms with Gasteiger partial charge in [-0.05, 0) is 44.0 Å². The summed E-state index contributed by atoms with van der Waals surface area (Å²) in [6.07, 6.45) is 0. The van der Waals surface area contributed by atoms with Crippen molar-refractivity contribution in [1.82, 2.24) is 4.72 Å². The maximum atomic E-state index is 11.9. The lowest BCUT2D eigenvalue weighted by molar-refractivity contribution is 0.569. The highest BCUT2D eigenvalue weighted by Crippen LogP contribution is 2.15. The molecule has 0 aromatic heterocycles. The van der Waals surface area contributed by atoms with Gasteiger partial charge in [0.15, 0.2) is 0 Å². The topological polar surface area (TPSA) is 72.2 Å². The van der Waals surface area contributed by atoms with Crippen LogP contribution in [0.1, 0.15) is 25.0 Å². The van der Waals surface area contributed by atoms with E-state index < -0.39 is 10.0 Å². The highest BCUT2D eigenvalue weighted by atomic mass is 32.2. The van der Waals surface area contributed by atoms with Crippen molar-refractivity contribution >= 4 is 10.0 Å². The number of benzene rings is 1. The Kier molecular flexibility index (Phi) is 4.07. The van der Waals surface area contributed by atoms with Crippen LogP contribution in [0.4, 0.5) is 0 Å². The lowest BCUT2D eigenvalue weighted by Gasteiger charge is -2.11. The van der Waals surface area contributed by atoms with E-state index in [4.69, 9.17) is 5.73 Å². The van der Waals surface area contributed by atoms with Gasteiger partial charge in [0.05, 0.1) is 4.90 Å². The smallest absolute Gasteiger partial charge is 0.240 e. The highest BCUT2D eigenvalue weighted by molar-refractivity contribution is 7.89. The van der Waals surface area contributed by atoms with Gasteiger partial charge in [0.25, 0.3) is 0 Å². The van der Waals surface area contributed by atoms with Crippen LogP contribution in [-0.2, 0) is 16.6 Å². The molecule has 16 heavy (non-hydrogen) atoms. The van der Waals surface area contributed by atoms with Gasteiger partial charge in [0.1, 0.15) is 0 Å². The molecular formula is C11H18N2O2S. The Balaban J connectivity index is 3.10. The minimum Gasteiger partial charge on any atom is -0.326 e. The van der Waals surface area contributed by atoms with Crippen molar-refractivity contribution in [2.75, 3.05) is 0 Å². The summed E-state index contributed by atoms with van der Waals surface area (Å²) in [5.41, 5.74) is 7.38. The summed E-state index contributed by atoms with van der Waals surface area (Å²) in [7, 11) is -3.40. The molecule has 0 aliphatic carbocycles. The molecule has 0 saturated carbocycles. The lowest BCUT2D eigenvalue weighted by Crippen LogP contribution is -2.30. The second-order valence-corrected chi connectivity index (χ2v) is 5.78. The van der Waals surface area contributed by atoms with E-state index in [2.05, 4.69) is 4.72 Å². The molecule has 3 N–H and O–H groups in total. The normalized spacial score (nSPS) is 12.1. The maximum absolute atomic E-state index is 11.9. The van der Waals surface area contributed by atoms with Gasteiger partial charge in [-0.1, -0.05) is 6.07 Å². The number of sulfonamides is 1. The molecule has 1 rings (SSSR count). The second kappa shape index (κ2) is 4.95. The lowest BCUT2D eigenvalue weighted by atomic mass is 10.1. The summed E-state index contributed by atoms with van der Waals surface area (Å²) in [4.78, 5) is 0.288. The van der Waals surface area contributed by atoms with Gasteiger partial charge in [-0.25, -0.2) is 13.1 Å². The van der Waals surface area contributed by atoms with E-state index in [0.29, 0.717) is 6.54 Å². The van der Waals surface area contributed by atoms with Crippen LogP contribution in [0.3, 0.4) is 0 Å². The zero-order valence-electron chi connectivity index (χ0n) is 9.82. The predicted octanol–water partition coefficient (Wildman–Crippen LogP) is 1.14. The first-order valence-corrected chi connectivity index (χ1v) is 6.67. The molecule has 0 fully saturated rings. The first-order valence-electron chi connectivity index (χ1n) is 5.18. The van der Waals surface area contributed by atoms with E-state index in [1.54, 1.807) is 32.0 Å². The van der Waals surface area contributed by atoms with E-state index in [9.17, 15) is 8.42 Å². The molecule has 0 bridgehead atoms. The second-order valence-electron chi connectivity index (χ2n) is 4.07. The summed E-state index contributed by atoms with van der Waals surface area (Å²) < 4.78 is 26.2. The van der Waals surface area contributed by atoms with Crippen LogP contribution in [0.2, 0.25) is 0 Å². The zero-order valence-corrected chi connectivity index (χ0v) is 10.6. The summed E-state index contributed by atoms with van der Waals surface area (Å²) in [5, 5.41) is 0. The van der Waals surface area contributed by atoms with Gasteiger partial charge in [-0.2, -0.15) is 0 Å². The first kappa shape index (κ1) is 13.2. The van der Waals surface area contributed by atoms with Gasteiger partial charge >= 0.3 is 0 Å². The van der Waals surface area contributed by atoms with E-state index >= 15 is 0 Å². The molecule has 0 radical (unpaired) electrons. The van der Waals surface area contributed by atoms with Gasteiger partial charge in [-0.3, -0.25) is 0 Å². The fourth-order valence-corrected chi connectivity index (χ4v) is 2.78. The molecule has 1 aromatic rings. The molecular weight excluding hydrogens is 224 g/mol. The van der Waals surface area contributed by atoms with Crippen molar-refractivity contribution in [2.24, 2.45) is 5.73 Å². The number of nitrogens with one attached hydrogen (secondary N) is 1. The number of hydrogen-bond donors (Lipinski definition) is 2. The average molecular weight is 242 g/mol. The minimum absolute atomic E-state index is 0.112. The van der Waals surface area contributed by atoms with E-state index in [-0.39, 0.29) is 10.9 Å². The maximum Gasteiger partial charge on any atom is 0.240 e. The Morgan fingerprint density at radius 3 is 2.44 bits per heavy atom. The monoisotopic (exact) mass is 242 g/mol. The third-order valence-electron chi connectivity index (χ3n) is 2.24. The van der Waals surface area contributed by atoms with Crippen molar-refractivity contribution in [1.29, 1.82) is 0 Å². The van der Waals surface area contributed by atoms with Crippen molar-refractivity contribution in [3.8, 4) is 0 Å². The highest BCUT2D eigenvalue weighted by Gasteiger charge is 2.15. The number of rotatable bonds is 4. The average Bonchev–Trinajstić information content (AvgIpc) is 2.15. The van der Waals surface area contributed by atoms with Crippen LogP contribution in [0.25, 0.3) is 0 Å². The third-order valence-corrected chi connectivity index (χ3v) is 3.89. The fourth-order valence-electron chi connectivity index (χ4n) is 1.44. The predicted molar refractivity (Wildman–Crippen MR) is 64.5 cm³/mol. The summed E-state index contributed by atoms with van der Waals surface area (Å²) >= 11 is 0. The minimum atomic E-state index is -3.40. The van der Waals surface area contributed by atoms with Crippen LogP contribution < -0.4 is 10.5 Å². The molecule has 0 saturated heterocycles. The Morgan fingerprint density at radius 2 is 2.00 bits per heavy atom. The number of aryl methyl sites for hydroxylation is 1. The van der Waals surface area contributed by atoms with Gasteiger partial charge in [-0.15, -0.1) is 0 Å². The Hall–Kier alpha value is -0.910. The van der Waals surface area contributed by atoms with Gasteiger partial charge in [0.2, 0.25) is 10.0 Å². The molecule has 90 valence electrons. The van der Waals surface area contributed by atoms with Crippen molar-refractivity contribution in [3.05, 3.63) is 29.3 Å². The number of hydrogen-bond acceptors (Lipinski definition) is 3. The molecule has 0 aliphatic heterocycles. The molecule has 0 amide bonds. The first-order chi connectivity index (χ1) is 7.36. The molecule has 5 heteroatoms.